The molecule has 0 fully saturated rings. The van der Waals surface area contributed by atoms with Gasteiger partial charge in [-0.05, 0) is 32.5 Å². The predicted molar refractivity (Wildman–Crippen MR) is 113 cm³/mol. The van der Waals surface area contributed by atoms with Crippen LogP contribution >= 0.6 is 0 Å². The van der Waals surface area contributed by atoms with E-state index in [1.54, 1.807) is 0 Å². The average molecular weight is 523 g/mol. The molecular formula is C24H28Cl2OSiZr. The minimum atomic E-state index is -1.28. The SMILES string of the molecule is C[Si](C)(C)OCCC[c-]1cccc1.[Cl-].[Cl-].[Zr+4].[c-]1cccc2c1Cc1ccccc1-2. The van der Waals surface area contributed by atoms with Crippen LogP contribution in [0.15, 0.2) is 66.7 Å². The van der Waals surface area contributed by atoms with Gasteiger partial charge >= 0.3 is 26.2 Å². The summed E-state index contributed by atoms with van der Waals surface area (Å²) in [6, 6.07) is 26.6. The third-order valence-corrected chi connectivity index (χ3v) is 5.56. The fourth-order valence-electron chi connectivity index (χ4n) is 3.23. The molecule has 152 valence electrons. The van der Waals surface area contributed by atoms with E-state index in [0.29, 0.717) is 0 Å². The monoisotopic (exact) mass is 520 g/mol. The molecule has 0 heterocycles. The van der Waals surface area contributed by atoms with Gasteiger partial charge in [-0.15, -0.1) is 5.56 Å². The van der Waals surface area contributed by atoms with E-state index < -0.39 is 8.32 Å². The minimum absolute atomic E-state index is 0. The van der Waals surface area contributed by atoms with Crippen molar-refractivity contribution in [2.45, 2.75) is 38.9 Å². The van der Waals surface area contributed by atoms with Crippen LogP contribution in [-0.4, -0.2) is 14.9 Å². The summed E-state index contributed by atoms with van der Waals surface area (Å²) in [4.78, 5) is 0. The molecular weight excluding hydrogens is 494 g/mol. The Morgan fingerprint density at radius 1 is 0.931 bits per heavy atom. The topological polar surface area (TPSA) is 9.23 Å². The Balaban J connectivity index is 0.000000490. The largest absolute Gasteiger partial charge is 4.00 e. The van der Waals surface area contributed by atoms with E-state index in [4.69, 9.17) is 4.43 Å². The summed E-state index contributed by atoms with van der Waals surface area (Å²) in [6.07, 6.45) is 3.35. The Morgan fingerprint density at radius 3 is 2.28 bits per heavy atom. The van der Waals surface area contributed by atoms with Crippen LogP contribution in [0.25, 0.3) is 11.1 Å². The van der Waals surface area contributed by atoms with Crippen molar-refractivity contribution in [2.75, 3.05) is 6.61 Å². The van der Waals surface area contributed by atoms with E-state index in [0.717, 1.165) is 25.9 Å². The number of hydrogen-bond donors (Lipinski definition) is 0. The molecule has 0 saturated carbocycles. The molecule has 0 unspecified atom stereocenters. The molecule has 1 aliphatic carbocycles. The first-order valence-corrected chi connectivity index (χ1v) is 12.9. The van der Waals surface area contributed by atoms with Gasteiger partial charge in [0.1, 0.15) is 0 Å². The van der Waals surface area contributed by atoms with Crippen molar-refractivity contribution in [2.24, 2.45) is 0 Å². The molecule has 1 nitrogen and oxygen atoms in total. The summed E-state index contributed by atoms with van der Waals surface area (Å²) < 4.78 is 5.77. The van der Waals surface area contributed by atoms with Crippen LogP contribution in [0.4, 0.5) is 0 Å². The second-order valence-electron chi connectivity index (χ2n) is 7.75. The molecule has 3 aromatic rings. The Kier molecular flexibility index (Phi) is 13.4. The van der Waals surface area contributed by atoms with Crippen LogP contribution in [-0.2, 0) is 43.5 Å². The third kappa shape index (κ3) is 8.99. The first-order chi connectivity index (χ1) is 12.5. The zero-order valence-electron chi connectivity index (χ0n) is 17.3. The number of aryl methyl sites for hydroxylation is 1. The van der Waals surface area contributed by atoms with E-state index in [2.05, 4.69) is 86.4 Å². The normalized spacial score (nSPS) is 10.9. The summed E-state index contributed by atoms with van der Waals surface area (Å²) in [7, 11) is -1.28. The molecule has 29 heavy (non-hydrogen) atoms. The van der Waals surface area contributed by atoms with Crippen LogP contribution in [0.2, 0.25) is 19.6 Å². The van der Waals surface area contributed by atoms with Crippen LogP contribution < -0.4 is 24.8 Å². The first kappa shape index (κ1) is 28.4. The van der Waals surface area contributed by atoms with Crippen molar-refractivity contribution in [1.82, 2.24) is 0 Å². The smallest absolute Gasteiger partial charge is 1.00 e. The van der Waals surface area contributed by atoms with Crippen LogP contribution in [0, 0.1) is 6.07 Å². The maximum Gasteiger partial charge on any atom is 4.00 e. The van der Waals surface area contributed by atoms with Crippen LogP contribution in [0.1, 0.15) is 23.1 Å². The summed E-state index contributed by atoms with van der Waals surface area (Å²) in [5.41, 5.74) is 6.94. The summed E-state index contributed by atoms with van der Waals surface area (Å²) in [6.45, 7) is 7.61. The summed E-state index contributed by atoms with van der Waals surface area (Å²) in [5, 5.41) is 0. The van der Waals surface area contributed by atoms with Crippen molar-refractivity contribution < 1.29 is 55.4 Å². The predicted octanol–water partition coefficient (Wildman–Crippen LogP) is 0.253. The minimum Gasteiger partial charge on any atom is -1.00 e. The molecule has 4 rings (SSSR count). The molecule has 0 atom stereocenters. The molecule has 1 aliphatic rings. The molecule has 3 aromatic carbocycles. The van der Waals surface area contributed by atoms with Crippen LogP contribution in [0.5, 0.6) is 0 Å². The summed E-state index contributed by atoms with van der Waals surface area (Å²) in [5.74, 6) is 0. The van der Waals surface area contributed by atoms with Gasteiger partial charge in [0.25, 0.3) is 0 Å². The fourth-order valence-corrected chi connectivity index (χ4v) is 3.99. The maximum atomic E-state index is 5.77. The number of hydrogen-bond acceptors (Lipinski definition) is 1. The fraction of sp³-hybridized carbons (Fsp3) is 0.292. The Morgan fingerprint density at radius 2 is 1.59 bits per heavy atom. The number of rotatable bonds is 5. The van der Waals surface area contributed by atoms with Gasteiger partial charge in [-0.25, -0.2) is 12.1 Å². The van der Waals surface area contributed by atoms with Gasteiger partial charge in [0.2, 0.25) is 0 Å². The van der Waals surface area contributed by atoms with Crippen molar-refractivity contribution >= 4 is 8.32 Å². The van der Waals surface area contributed by atoms with E-state index in [9.17, 15) is 0 Å². The van der Waals surface area contributed by atoms with Crippen LogP contribution in [0.3, 0.4) is 0 Å². The molecule has 0 aliphatic heterocycles. The number of benzene rings is 2. The zero-order valence-corrected chi connectivity index (χ0v) is 22.3. The zero-order chi connectivity index (χ0) is 18.4. The van der Waals surface area contributed by atoms with Gasteiger partial charge in [-0.2, -0.15) is 47.5 Å². The molecule has 0 aromatic heterocycles. The molecule has 5 heteroatoms. The number of fused-ring (bicyclic) bond motifs is 3. The van der Waals surface area contributed by atoms with Crippen molar-refractivity contribution in [3.63, 3.8) is 0 Å². The van der Waals surface area contributed by atoms with E-state index in [1.165, 1.54) is 27.8 Å². The maximum absolute atomic E-state index is 5.77. The molecule has 0 N–H and O–H groups in total. The standard InChI is InChI=1S/C13H9.C11H19OSi.2ClH.Zr/c1-3-7-12-10(5-1)9-11-6-2-4-8-13(11)12;1-13(2,3)12-10-6-9-11-7-4-5-8-11;;;/h1-5,7-8H,9H2;4-5,7-8H,6,9-10H2,1-3H3;2*1H;/q2*-1;;;+4/p-2. The number of halogens is 2. The van der Waals surface area contributed by atoms with Gasteiger partial charge < -0.3 is 29.2 Å². The molecule has 0 bridgehead atoms. The van der Waals surface area contributed by atoms with Gasteiger partial charge in [0.15, 0.2) is 8.32 Å². The van der Waals surface area contributed by atoms with Gasteiger partial charge in [0, 0.05) is 6.61 Å². The van der Waals surface area contributed by atoms with E-state index in [1.807, 2.05) is 6.07 Å². The third-order valence-electron chi connectivity index (χ3n) is 4.49. The quantitative estimate of drug-likeness (QED) is 0.208. The van der Waals surface area contributed by atoms with Gasteiger partial charge in [-0.1, -0.05) is 41.8 Å². The van der Waals surface area contributed by atoms with Crippen molar-refractivity contribution in [3.8, 4) is 11.1 Å². The Bertz CT molecular complexity index is 785. The first-order valence-electron chi connectivity index (χ1n) is 9.45. The van der Waals surface area contributed by atoms with Crippen molar-refractivity contribution in [1.29, 1.82) is 0 Å². The Labute approximate surface area is 208 Å². The second-order valence-corrected chi connectivity index (χ2v) is 12.3. The molecule has 0 amide bonds. The van der Waals surface area contributed by atoms with E-state index in [-0.39, 0.29) is 51.0 Å². The average Bonchev–Trinajstić information content (AvgIpc) is 3.26. The van der Waals surface area contributed by atoms with Gasteiger partial charge in [0.05, 0.1) is 0 Å². The van der Waals surface area contributed by atoms with Crippen molar-refractivity contribution in [3.05, 3.63) is 89.5 Å². The van der Waals surface area contributed by atoms with E-state index >= 15 is 0 Å². The second kappa shape index (κ2) is 13.7. The Hall–Kier alpha value is -0.570. The van der Waals surface area contributed by atoms with Gasteiger partial charge in [-0.3, -0.25) is 0 Å². The summed E-state index contributed by atoms with van der Waals surface area (Å²) >= 11 is 0. The molecule has 0 spiro atoms. The molecule has 0 saturated heterocycles. The molecule has 0 radical (unpaired) electrons.